The average molecular weight is 216 g/mol. The van der Waals surface area contributed by atoms with Gasteiger partial charge in [-0.15, -0.1) is 0 Å². The third-order valence-corrected chi connectivity index (χ3v) is 2.34. The molecule has 0 bridgehead atoms. The summed E-state index contributed by atoms with van der Waals surface area (Å²) in [5.41, 5.74) is 0.746. The largest absolute Gasteiger partial charge is 0.388 e. The van der Waals surface area contributed by atoms with Crippen LogP contribution in [0.4, 0.5) is 0 Å². The van der Waals surface area contributed by atoms with Gasteiger partial charge >= 0.3 is 0 Å². The standard InChI is InChI=1S/C12H12N2O2/c15-11(10-4-2-1-3-5-10)8-12(16)14-7-6-13-9-14/h1-7,9,11,15H,8H2/t11-/m1/s1. The lowest BCUT2D eigenvalue weighted by molar-refractivity contribution is 0.0798. The molecule has 0 unspecified atom stereocenters. The fraction of sp³-hybridized carbons (Fsp3) is 0.167. The molecular weight excluding hydrogens is 204 g/mol. The molecule has 0 aliphatic heterocycles. The Morgan fingerprint density at radius 1 is 1.38 bits per heavy atom. The average Bonchev–Trinajstić information content (AvgIpc) is 2.83. The molecule has 0 aliphatic rings. The summed E-state index contributed by atoms with van der Waals surface area (Å²) in [6, 6.07) is 9.13. The number of nitrogens with zero attached hydrogens (tertiary/aromatic N) is 2. The van der Waals surface area contributed by atoms with Crippen molar-refractivity contribution >= 4 is 5.91 Å². The maximum Gasteiger partial charge on any atom is 0.234 e. The van der Waals surface area contributed by atoms with Crippen LogP contribution in [0.15, 0.2) is 49.1 Å². The maximum atomic E-state index is 11.7. The van der Waals surface area contributed by atoms with Crippen LogP contribution in [0.3, 0.4) is 0 Å². The van der Waals surface area contributed by atoms with E-state index >= 15 is 0 Å². The topological polar surface area (TPSA) is 55.1 Å². The van der Waals surface area contributed by atoms with Gasteiger partial charge in [-0.25, -0.2) is 4.98 Å². The van der Waals surface area contributed by atoms with E-state index < -0.39 is 6.10 Å². The smallest absolute Gasteiger partial charge is 0.234 e. The second kappa shape index (κ2) is 4.72. The molecule has 2 rings (SSSR count). The van der Waals surface area contributed by atoms with Crippen molar-refractivity contribution < 1.29 is 9.90 Å². The fourth-order valence-electron chi connectivity index (χ4n) is 1.47. The first-order valence-electron chi connectivity index (χ1n) is 5.01. The number of carbonyl (C=O) groups excluding carboxylic acids is 1. The van der Waals surface area contributed by atoms with Crippen molar-refractivity contribution in [2.24, 2.45) is 0 Å². The Morgan fingerprint density at radius 3 is 2.75 bits per heavy atom. The highest BCUT2D eigenvalue weighted by atomic mass is 16.3. The first-order chi connectivity index (χ1) is 7.77. The predicted octanol–water partition coefficient (Wildman–Crippen LogP) is 1.65. The lowest BCUT2D eigenvalue weighted by Gasteiger charge is -2.09. The van der Waals surface area contributed by atoms with Gasteiger partial charge in [-0.1, -0.05) is 30.3 Å². The summed E-state index contributed by atoms with van der Waals surface area (Å²) < 4.78 is 1.37. The molecule has 0 aliphatic carbocycles. The molecule has 1 aromatic carbocycles. The van der Waals surface area contributed by atoms with E-state index in [0.717, 1.165) is 5.56 Å². The number of aliphatic hydroxyl groups is 1. The summed E-state index contributed by atoms with van der Waals surface area (Å²) >= 11 is 0. The summed E-state index contributed by atoms with van der Waals surface area (Å²) in [5.74, 6) is -0.172. The Hall–Kier alpha value is -1.94. The van der Waals surface area contributed by atoms with E-state index in [9.17, 15) is 9.90 Å². The van der Waals surface area contributed by atoms with Crippen molar-refractivity contribution in [2.45, 2.75) is 12.5 Å². The molecule has 1 aromatic heterocycles. The third kappa shape index (κ3) is 2.35. The molecule has 2 aromatic rings. The minimum absolute atomic E-state index is 0.0559. The molecular formula is C12H12N2O2. The monoisotopic (exact) mass is 216 g/mol. The summed E-state index contributed by atoms with van der Waals surface area (Å²) in [6.45, 7) is 0. The highest BCUT2D eigenvalue weighted by molar-refractivity contribution is 5.79. The third-order valence-electron chi connectivity index (χ3n) is 2.34. The van der Waals surface area contributed by atoms with Crippen molar-refractivity contribution in [1.82, 2.24) is 9.55 Å². The number of imidazole rings is 1. The zero-order chi connectivity index (χ0) is 11.4. The van der Waals surface area contributed by atoms with Crippen LogP contribution in [0.1, 0.15) is 22.9 Å². The van der Waals surface area contributed by atoms with Gasteiger partial charge in [0.05, 0.1) is 12.5 Å². The first kappa shape index (κ1) is 10.6. The van der Waals surface area contributed by atoms with Gasteiger partial charge in [-0.2, -0.15) is 0 Å². The van der Waals surface area contributed by atoms with E-state index in [0.29, 0.717) is 0 Å². The zero-order valence-corrected chi connectivity index (χ0v) is 8.65. The van der Waals surface area contributed by atoms with Crippen LogP contribution in [0.5, 0.6) is 0 Å². The van der Waals surface area contributed by atoms with Crippen LogP contribution in [0.25, 0.3) is 0 Å². The van der Waals surface area contributed by atoms with Crippen LogP contribution < -0.4 is 0 Å². The highest BCUT2D eigenvalue weighted by Crippen LogP contribution is 2.16. The molecule has 0 radical (unpaired) electrons. The van der Waals surface area contributed by atoms with Gasteiger partial charge in [0.25, 0.3) is 0 Å². The lowest BCUT2D eigenvalue weighted by atomic mass is 10.1. The van der Waals surface area contributed by atoms with Gasteiger partial charge in [0.2, 0.25) is 5.91 Å². The molecule has 0 spiro atoms. The Balaban J connectivity index is 2.03. The number of aromatic nitrogens is 2. The molecule has 1 heterocycles. The van der Waals surface area contributed by atoms with E-state index in [4.69, 9.17) is 0 Å². The molecule has 0 saturated heterocycles. The Bertz CT molecular complexity index is 451. The van der Waals surface area contributed by atoms with E-state index in [-0.39, 0.29) is 12.3 Å². The van der Waals surface area contributed by atoms with E-state index in [1.54, 1.807) is 18.3 Å². The van der Waals surface area contributed by atoms with Gasteiger partial charge in [0, 0.05) is 12.4 Å². The first-order valence-corrected chi connectivity index (χ1v) is 5.01. The van der Waals surface area contributed by atoms with Crippen molar-refractivity contribution in [2.75, 3.05) is 0 Å². The number of carbonyl (C=O) groups is 1. The number of rotatable bonds is 3. The SMILES string of the molecule is O=C(C[C@@H](O)c1ccccc1)n1ccnc1. The molecule has 16 heavy (non-hydrogen) atoms. The minimum Gasteiger partial charge on any atom is -0.388 e. The maximum absolute atomic E-state index is 11.7. The lowest BCUT2D eigenvalue weighted by Crippen LogP contribution is -2.12. The Morgan fingerprint density at radius 2 is 2.12 bits per heavy atom. The van der Waals surface area contributed by atoms with Crippen LogP contribution in [-0.4, -0.2) is 20.6 Å². The van der Waals surface area contributed by atoms with Crippen molar-refractivity contribution in [1.29, 1.82) is 0 Å². The molecule has 82 valence electrons. The van der Waals surface area contributed by atoms with Gasteiger partial charge in [-0.3, -0.25) is 9.36 Å². The molecule has 4 nitrogen and oxygen atoms in total. The van der Waals surface area contributed by atoms with Crippen LogP contribution >= 0.6 is 0 Å². The number of hydrogen-bond donors (Lipinski definition) is 1. The van der Waals surface area contributed by atoms with Crippen LogP contribution in [0.2, 0.25) is 0 Å². The normalized spacial score (nSPS) is 12.3. The molecule has 1 N–H and O–H groups in total. The second-order valence-corrected chi connectivity index (χ2v) is 3.49. The molecule has 0 fully saturated rings. The quantitative estimate of drug-likeness (QED) is 0.848. The fourth-order valence-corrected chi connectivity index (χ4v) is 1.47. The van der Waals surface area contributed by atoms with Gasteiger partial charge in [0.1, 0.15) is 6.33 Å². The van der Waals surface area contributed by atoms with Crippen molar-refractivity contribution in [3.8, 4) is 0 Å². The summed E-state index contributed by atoms with van der Waals surface area (Å²) in [5, 5.41) is 9.84. The summed E-state index contributed by atoms with van der Waals surface area (Å²) in [6.07, 6.45) is 3.82. The predicted molar refractivity (Wildman–Crippen MR) is 58.9 cm³/mol. The van der Waals surface area contributed by atoms with Gasteiger partial charge in [0.15, 0.2) is 0 Å². The zero-order valence-electron chi connectivity index (χ0n) is 8.65. The molecule has 0 amide bonds. The van der Waals surface area contributed by atoms with Gasteiger partial charge < -0.3 is 5.11 Å². The second-order valence-electron chi connectivity index (χ2n) is 3.49. The van der Waals surface area contributed by atoms with Crippen LogP contribution in [-0.2, 0) is 0 Å². The number of aliphatic hydroxyl groups excluding tert-OH is 1. The Kier molecular flexibility index (Phi) is 3.12. The Labute approximate surface area is 93.2 Å². The summed E-state index contributed by atoms with van der Waals surface area (Å²) in [7, 11) is 0. The molecule has 1 atom stereocenters. The number of benzene rings is 1. The minimum atomic E-state index is -0.768. The van der Waals surface area contributed by atoms with Crippen molar-refractivity contribution in [3.63, 3.8) is 0 Å². The summed E-state index contributed by atoms with van der Waals surface area (Å²) in [4.78, 5) is 15.4. The van der Waals surface area contributed by atoms with Gasteiger partial charge in [-0.05, 0) is 5.56 Å². The molecule has 4 heteroatoms. The van der Waals surface area contributed by atoms with E-state index in [1.165, 1.54) is 17.1 Å². The van der Waals surface area contributed by atoms with Crippen molar-refractivity contribution in [3.05, 3.63) is 54.6 Å². The molecule has 0 saturated carbocycles. The highest BCUT2D eigenvalue weighted by Gasteiger charge is 2.13. The van der Waals surface area contributed by atoms with E-state index in [2.05, 4.69) is 4.98 Å². The van der Waals surface area contributed by atoms with E-state index in [1.807, 2.05) is 18.2 Å². The van der Waals surface area contributed by atoms with Crippen LogP contribution in [0, 0.1) is 0 Å². The number of hydrogen-bond acceptors (Lipinski definition) is 3.